The zero-order valence-electron chi connectivity index (χ0n) is 12.7. The minimum Gasteiger partial charge on any atom is -0.465 e. The Morgan fingerprint density at radius 3 is 2.21 bits per heavy atom. The highest BCUT2D eigenvalue weighted by Gasteiger charge is 2.36. The molecule has 0 saturated carbocycles. The summed E-state index contributed by atoms with van der Waals surface area (Å²) < 4.78 is 9.85. The average molecular weight is 270 g/mol. The number of rotatable bonds is 0. The molecule has 2 fully saturated rings. The molecule has 3 unspecified atom stereocenters. The van der Waals surface area contributed by atoms with E-state index in [2.05, 4.69) is 20.8 Å². The number of carbonyl (C=O) groups excluding carboxylic acids is 2. The molecule has 3 atom stereocenters. The first-order chi connectivity index (χ1) is 8.74. The third kappa shape index (κ3) is 4.51. The minimum atomic E-state index is -0.0451. The molecule has 2 saturated heterocycles. The predicted molar refractivity (Wildman–Crippen MR) is 72.5 cm³/mol. The van der Waals surface area contributed by atoms with Gasteiger partial charge in [0.25, 0.3) is 0 Å². The van der Waals surface area contributed by atoms with Gasteiger partial charge in [0.1, 0.15) is 6.10 Å². The molecule has 110 valence electrons. The van der Waals surface area contributed by atoms with Gasteiger partial charge in [-0.25, -0.2) is 0 Å². The van der Waals surface area contributed by atoms with Gasteiger partial charge in [-0.2, -0.15) is 0 Å². The first-order valence-electron chi connectivity index (χ1n) is 7.10. The summed E-state index contributed by atoms with van der Waals surface area (Å²) in [5.74, 6) is 0.515. The van der Waals surface area contributed by atoms with Gasteiger partial charge < -0.3 is 9.47 Å². The van der Waals surface area contributed by atoms with Crippen LogP contribution in [0.3, 0.4) is 0 Å². The van der Waals surface area contributed by atoms with E-state index in [0.717, 1.165) is 12.8 Å². The predicted octanol–water partition coefficient (Wildman–Crippen LogP) is 2.94. The molecule has 4 nitrogen and oxygen atoms in total. The number of esters is 2. The first-order valence-corrected chi connectivity index (χ1v) is 7.10. The number of hydrogen-bond acceptors (Lipinski definition) is 4. The van der Waals surface area contributed by atoms with Crippen molar-refractivity contribution < 1.29 is 19.1 Å². The lowest BCUT2D eigenvalue weighted by Crippen LogP contribution is -2.36. The Kier molecular flexibility index (Phi) is 5.39. The summed E-state index contributed by atoms with van der Waals surface area (Å²) in [6.07, 6.45) is 2.71. The van der Waals surface area contributed by atoms with E-state index in [4.69, 9.17) is 9.47 Å². The van der Waals surface area contributed by atoms with Crippen LogP contribution in [0.1, 0.15) is 53.9 Å². The van der Waals surface area contributed by atoms with Gasteiger partial charge >= 0.3 is 11.9 Å². The summed E-state index contributed by atoms with van der Waals surface area (Å²) in [7, 11) is 0. The van der Waals surface area contributed by atoms with Crippen LogP contribution in [0.25, 0.3) is 0 Å². The van der Waals surface area contributed by atoms with E-state index in [-0.39, 0.29) is 29.4 Å². The second-order valence-electron chi connectivity index (χ2n) is 6.34. The van der Waals surface area contributed by atoms with Crippen LogP contribution in [0, 0.1) is 17.3 Å². The topological polar surface area (TPSA) is 52.6 Å². The second kappa shape index (κ2) is 6.40. The molecule has 0 radical (unpaired) electrons. The fourth-order valence-electron chi connectivity index (χ4n) is 2.04. The van der Waals surface area contributed by atoms with Crippen molar-refractivity contribution in [1.29, 1.82) is 0 Å². The highest BCUT2D eigenvalue weighted by atomic mass is 16.5. The Morgan fingerprint density at radius 1 is 1.16 bits per heavy atom. The van der Waals surface area contributed by atoms with Crippen molar-refractivity contribution in [3.63, 3.8) is 0 Å². The quantitative estimate of drug-likeness (QED) is 0.635. The summed E-state index contributed by atoms with van der Waals surface area (Å²) in [5.41, 5.74) is 0.134. The third-order valence-corrected chi connectivity index (χ3v) is 4.44. The van der Waals surface area contributed by atoms with Gasteiger partial charge in [0.15, 0.2) is 0 Å². The van der Waals surface area contributed by atoms with Gasteiger partial charge in [0, 0.05) is 6.42 Å². The largest absolute Gasteiger partial charge is 0.465 e. The Bertz CT molecular complexity index is 335. The van der Waals surface area contributed by atoms with Crippen LogP contribution in [0.4, 0.5) is 0 Å². The SMILES string of the molecule is CC1C(=O)OCCC1(C)C.CC1CCC(=O)OC1C. The molecule has 0 spiro atoms. The lowest BCUT2D eigenvalue weighted by molar-refractivity contribution is -0.160. The summed E-state index contributed by atoms with van der Waals surface area (Å²) >= 11 is 0. The number of carbonyl (C=O) groups is 2. The molecule has 2 aliphatic heterocycles. The van der Waals surface area contributed by atoms with E-state index in [9.17, 15) is 9.59 Å². The van der Waals surface area contributed by atoms with Crippen molar-refractivity contribution in [3.8, 4) is 0 Å². The molecule has 19 heavy (non-hydrogen) atoms. The normalized spacial score (nSPS) is 33.6. The van der Waals surface area contributed by atoms with E-state index in [1.54, 1.807) is 0 Å². The Balaban J connectivity index is 0.000000191. The van der Waals surface area contributed by atoms with Crippen LogP contribution >= 0.6 is 0 Å². The maximum atomic E-state index is 11.0. The van der Waals surface area contributed by atoms with Crippen molar-refractivity contribution in [3.05, 3.63) is 0 Å². The van der Waals surface area contributed by atoms with Crippen LogP contribution in [-0.4, -0.2) is 24.6 Å². The number of hydrogen-bond donors (Lipinski definition) is 0. The van der Waals surface area contributed by atoms with E-state index in [1.807, 2.05) is 13.8 Å². The van der Waals surface area contributed by atoms with Crippen molar-refractivity contribution in [2.45, 2.75) is 60.0 Å². The van der Waals surface area contributed by atoms with Crippen molar-refractivity contribution >= 4 is 11.9 Å². The maximum absolute atomic E-state index is 11.0. The second-order valence-corrected chi connectivity index (χ2v) is 6.34. The lowest BCUT2D eigenvalue weighted by atomic mass is 9.76. The fraction of sp³-hybridized carbons (Fsp3) is 0.867. The zero-order valence-corrected chi connectivity index (χ0v) is 12.7. The molecule has 0 aromatic carbocycles. The number of cyclic esters (lactones) is 2. The highest BCUT2D eigenvalue weighted by Crippen LogP contribution is 2.34. The summed E-state index contributed by atoms with van der Waals surface area (Å²) in [6, 6.07) is 0. The van der Waals surface area contributed by atoms with Crippen molar-refractivity contribution in [1.82, 2.24) is 0 Å². The van der Waals surface area contributed by atoms with Crippen LogP contribution in [-0.2, 0) is 19.1 Å². The maximum Gasteiger partial charge on any atom is 0.309 e. The van der Waals surface area contributed by atoms with Gasteiger partial charge in [-0.05, 0) is 31.1 Å². The van der Waals surface area contributed by atoms with E-state index in [1.165, 1.54) is 0 Å². The third-order valence-electron chi connectivity index (χ3n) is 4.44. The molecular formula is C15H26O4. The Morgan fingerprint density at radius 2 is 1.79 bits per heavy atom. The van der Waals surface area contributed by atoms with Gasteiger partial charge in [0.2, 0.25) is 0 Å². The summed E-state index contributed by atoms with van der Waals surface area (Å²) in [6.45, 7) is 10.8. The van der Waals surface area contributed by atoms with E-state index < -0.39 is 0 Å². The molecular weight excluding hydrogens is 244 g/mol. The average Bonchev–Trinajstić information content (AvgIpc) is 2.32. The molecule has 0 bridgehead atoms. The highest BCUT2D eigenvalue weighted by molar-refractivity contribution is 5.73. The van der Waals surface area contributed by atoms with Crippen LogP contribution < -0.4 is 0 Å². The Hall–Kier alpha value is -1.06. The van der Waals surface area contributed by atoms with Gasteiger partial charge in [-0.3, -0.25) is 9.59 Å². The van der Waals surface area contributed by atoms with Crippen molar-refractivity contribution in [2.24, 2.45) is 17.3 Å². The van der Waals surface area contributed by atoms with Crippen LogP contribution in [0.5, 0.6) is 0 Å². The molecule has 4 heteroatoms. The van der Waals surface area contributed by atoms with Gasteiger partial charge in [-0.15, -0.1) is 0 Å². The molecule has 0 N–H and O–H groups in total. The zero-order chi connectivity index (χ0) is 14.6. The molecule has 0 aliphatic carbocycles. The van der Waals surface area contributed by atoms with Crippen molar-refractivity contribution in [2.75, 3.05) is 6.61 Å². The molecule has 2 rings (SSSR count). The standard InChI is InChI=1S/C8H14O2.C7H12O2/c1-6-7(9)10-5-4-8(6,2)3;1-5-3-4-7(8)9-6(5)2/h6H,4-5H2,1-3H3;5-6H,3-4H2,1-2H3. The molecule has 0 aromatic rings. The van der Waals surface area contributed by atoms with E-state index >= 15 is 0 Å². The molecule has 0 amide bonds. The van der Waals surface area contributed by atoms with E-state index in [0.29, 0.717) is 18.9 Å². The Labute approximate surface area is 115 Å². The first kappa shape index (κ1) is 16.0. The molecule has 2 aliphatic rings. The molecule has 2 heterocycles. The van der Waals surface area contributed by atoms with Crippen LogP contribution in [0.15, 0.2) is 0 Å². The minimum absolute atomic E-state index is 0.0411. The monoisotopic (exact) mass is 270 g/mol. The summed E-state index contributed by atoms with van der Waals surface area (Å²) in [4.78, 5) is 21.6. The van der Waals surface area contributed by atoms with Crippen LogP contribution in [0.2, 0.25) is 0 Å². The lowest BCUT2D eigenvalue weighted by Gasteiger charge is -2.34. The molecule has 0 aromatic heterocycles. The smallest absolute Gasteiger partial charge is 0.309 e. The fourth-order valence-corrected chi connectivity index (χ4v) is 2.04. The van der Waals surface area contributed by atoms with Gasteiger partial charge in [0.05, 0.1) is 12.5 Å². The van der Waals surface area contributed by atoms with Gasteiger partial charge in [-0.1, -0.05) is 27.7 Å². The number of ether oxygens (including phenoxy) is 2. The summed E-state index contributed by atoms with van der Waals surface area (Å²) in [5, 5.41) is 0.